The van der Waals surface area contributed by atoms with Gasteiger partial charge in [-0.3, -0.25) is 19.6 Å². The number of amides is 1. The molecule has 244 valence electrons. The molecule has 1 amide bonds. The molecule has 0 aliphatic heterocycles. The van der Waals surface area contributed by atoms with Crippen molar-refractivity contribution in [2.24, 2.45) is 0 Å². The maximum atomic E-state index is 13.5. The van der Waals surface area contributed by atoms with Gasteiger partial charge in [0.1, 0.15) is 5.54 Å². The second kappa shape index (κ2) is 13.1. The number of aromatic amines is 1. The Labute approximate surface area is 293 Å². The van der Waals surface area contributed by atoms with Gasteiger partial charge < -0.3 is 10.4 Å². The number of aliphatic hydroxyl groups is 1. The number of rotatable bonds is 9. The third kappa shape index (κ3) is 5.41. The summed E-state index contributed by atoms with van der Waals surface area (Å²) >= 11 is 6.19. The molecule has 8 aromatic rings. The number of fused-ring (bicyclic) bond motifs is 2. The van der Waals surface area contributed by atoms with Crippen molar-refractivity contribution in [2.45, 2.75) is 11.6 Å². The minimum absolute atomic E-state index is 0.00885. The Hall–Kier alpha value is -6.09. The second-order valence-electron chi connectivity index (χ2n) is 12.0. The highest BCUT2D eigenvalue weighted by molar-refractivity contribution is 6.30. The van der Waals surface area contributed by atoms with Gasteiger partial charge in [-0.1, -0.05) is 115 Å². The third-order valence-corrected chi connectivity index (χ3v) is 9.34. The molecule has 0 aliphatic carbocycles. The fraction of sp³-hybridized carbons (Fsp3) is 0.0732. The van der Waals surface area contributed by atoms with Crippen LogP contribution in [0.3, 0.4) is 0 Å². The van der Waals surface area contributed by atoms with E-state index >= 15 is 0 Å². The van der Waals surface area contributed by atoms with E-state index < -0.39 is 17.5 Å². The van der Waals surface area contributed by atoms with Crippen LogP contribution in [0.2, 0.25) is 5.02 Å². The molecule has 5 aromatic carbocycles. The summed E-state index contributed by atoms with van der Waals surface area (Å²) in [5.74, 6) is -0.490. The number of nitrogens with zero attached hydrogens (tertiary/aromatic N) is 4. The Bertz CT molecular complexity index is 2330. The molecule has 3 heterocycles. The fourth-order valence-electron chi connectivity index (χ4n) is 6.83. The summed E-state index contributed by atoms with van der Waals surface area (Å²) in [6.45, 7) is -0.313. The SMILES string of the molecule is O=C(NC(CO)c1cccc(Cl)c1)c1nc2cc3c(-c4ccncc4)[nH]n(C(c4ccccc4)(c4ccccc4)c4ccccc4)c3cc2n1. The Morgan fingerprint density at radius 3 is 1.90 bits per heavy atom. The van der Waals surface area contributed by atoms with Gasteiger partial charge in [0.05, 0.1) is 34.9 Å². The van der Waals surface area contributed by atoms with Crippen molar-refractivity contribution < 1.29 is 9.90 Å². The van der Waals surface area contributed by atoms with Gasteiger partial charge in [0.2, 0.25) is 5.82 Å². The van der Waals surface area contributed by atoms with Crippen LogP contribution in [0.5, 0.6) is 0 Å². The molecule has 8 rings (SSSR count). The van der Waals surface area contributed by atoms with Gasteiger partial charge in [0.15, 0.2) is 0 Å². The first-order valence-corrected chi connectivity index (χ1v) is 16.6. The van der Waals surface area contributed by atoms with Crippen LogP contribution in [-0.4, -0.2) is 42.4 Å². The molecule has 50 heavy (non-hydrogen) atoms. The van der Waals surface area contributed by atoms with Gasteiger partial charge in [-0.25, -0.2) is 9.97 Å². The van der Waals surface area contributed by atoms with E-state index in [4.69, 9.17) is 16.6 Å². The van der Waals surface area contributed by atoms with E-state index in [-0.39, 0.29) is 12.4 Å². The lowest BCUT2D eigenvalue weighted by Crippen LogP contribution is -2.38. The molecule has 0 saturated carbocycles. The number of imidazole rings is 1. The summed E-state index contributed by atoms with van der Waals surface area (Å²) in [5, 5.41) is 18.2. The largest absolute Gasteiger partial charge is 0.394 e. The van der Waals surface area contributed by atoms with Crippen LogP contribution in [0.25, 0.3) is 33.2 Å². The van der Waals surface area contributed by atoms with Crippen LogP contribution in [0, 0.1) is 0 Å². The van der Waals surface area contributed by atoms with Gasteiger partial charge in [-0.05, 0) is 58.7 Å². The lowest BCUT2D eigenvalue weighted by Gasteiger charge is -2.37. The van der Waals surface area contributed by atoms with Crippen molar-refractivity contribution in [3.05, 3.63) is 185 Å². The quantitative estimate of drug-likeness (QED) is 0.135. The van der Waals surface area contributed by atoms with Crippen LogP contribution in [0.1, 0.15) is 38.9 Å². The van der Waals surface area contributed by atoms with Crippen LogP contribution in [0.15, 0.2) is 152 Å². The van der Waals surface area contributed by atoms with Gasteiger partial charge in [-0.2, -0.15) is 0 Å². The van der Waals surface area contributed by atoms with E-state index in [0.717, 1.165) is 38.9 Å². The number of carbonyl (C=O) groups excluding carboxylic acids is 1. The van der Waals surface area contributed by atoms with Gasteiger partial charge in [-0.15, -0.1) is 0 Å². The zero-order valence-corrected chi connectivity index (χ0v) is 27.5. The van der Waals surface area contributed by atoms with E-state index in [2.05, 4.69) is 97.9 Å². The number of nitrogens with one attached hydrogen (secondary N) is 2. The van der Waals surface area contributed by atoms with Crippen LogP contribution >= 0.6 is 11.6 Å². The molecular formula is C41H31ClN6O2. The number of aliphatic hydroxyl groups excluding tert-OH is 1. The average molecular weight is 675 g/mol. The first kappa shape index (κ1) is 31.2. The van der Waals surface area contributed by atoms with E-state index in [1.165, 1.54) is 0 Å². The highest BCUT2D eigenvalue weighted by atomic mass is 35.5. The van der Waals surface area contributed by atoms with Crippen molar-refractivity contribution in [3.8, 4) is 11.3 Å². The van der Waals surface area contributed by atoms with Crippen molar-refractivity contribution in [2.75, 3.05) is 6.61 Å². The van der Waals surface area contributed by atoms with Gasteiger partial charge in [0.25, 0.3) is 5.91 Å². The van der Waals surface area contributed by atoms with Crippen molar-refractivity contribution in [1.82, 2.24) is 30.0 Å². The van der Waals surface area contributed by atoms with E-state index in [9.17, 15) is 9.90 Å². The summed E-state index contributed by atoms with van der Waals surface area (Å²) in [5.41, 5.74) is 6.79. The minimum atomic E-state index is -0.841. The Kier molecular flexibility index (Phi) is 8.16. The van der Waals surface area contributed by atoms with Crippen molar-refractivity contribution in [1.29, 1.82) is 0 Å². The van der Waals surface area contributed by atoms with Crippen LogP contribution < -0.4 is 5.32 Å². The predicted octanol–water partition coefficient (Wildman–Crippen LogP) is 7.93. The highest BCUT2D eigenvalue weighted by Crippen LogP contribution is 2.44. The lowest BCUT2D eigenvalue weighted by molar-refractivity contribution is 0.0907. The normalized spacial score (nSPS) is 12.3. The van der Waals surface area contributed by atoms with E-state index in [0.29, 0.717) is 21.6 Å². The number of carbonyl (C=O) groups is 1. The summed E-state index contributed by atoms with van der Waals surface area (Å²) < 4.78 is 2.20. The topological polar surface area (TPSA) is 109 Å². The summed E-state index contributed by atoms with van der Waals surface area (Å²) in [7, 11) is 0. The van der Waals surface area contributed by atoms with Crippen molar-refractivity contribution in [3.63, 3.8) is 0 Å². The standard InChI is InChI=1S/C41H31ClN6O2/c42-32-18-10-11-28(23-32)36(26-49)46-40(50)39-44-34-24-33-37(25-35(34)45-39)48(47-38(33)27-19-21-43-22-20-27)41(29-12-4-1-5-13-29,30-14-6-2-7-15-30)31-16-8-3-9-17-31/h1-25,36,47,49H,26H2,(H,46,50). The predicted molar refractivity (Wildman–Crippen MR) is 196 cm³/mol. The highest BCUT2D eigenvalue weighted by Gasteiger charge is 2.40. The summed E-state index contributed by atoms with van der Waals surface area (Å²) in [6.07, 6.45) is 3.54. The zero-order chi connectivity index (χ0) is 34.1. The molecule has 0 saturated heterocycles. The number of pyridine rings is 1. The number of hydrogen-bond acceptors (Lipinski definition) is 5. The van der Waals surface area contributed by atoms with Gasteiger partial charge >= 0.3 is 0 Å². The second-order valence-corrected chi connectivity index (χ2v) is 12.5. The van der Waals surface area contributed by atoms with E-state index in [1.807, 2.05) is 42.5 Å². The summed E-state index contributed by atoms with van der Waals surface area (Å²) in [4.78, 5) is 27.2. The first-order chi connectivity index (χ1) is 24.6. The average Bonchev–Trinajstić information content (AvgIpc) is 3.76. The maximum absolute atomic E-state index is 13.5. The molecule has 0 aliphatic rings. The zero-order valence-electron chi connectivity index (χ0n) is 26.7. The molecule has 0 spiro atoms. The summed E-state index contributed by atoms with van der Waals surface area (Å²) in [6, 6.07) is 45.5. The number of hydrogen-bond donors (Lipinski definition) is 3. The molecular weight excluding hydrogens is 644 g/mol. The smallest absolute Gasteiger partial charge is 0.289 e. The number of aromatic nitrogens is 5. The Morgan fingerprint density at radius 2 is 1.34 bits per heavy atom. The fourth-order valence-corrected chi connectivity index (χ4v) is 7.02. The molecule has 3 aromatic heterocycles. The molecule has 8 nitrogen and oxygen atoms in total. The van der Waals surface area contributed by atoms with Gasteiger partial charge in [0, 0.05) is 28.4 Å². The molecule has 0 bridgehead atoms. The molecule has 9 heteroatoms. The number of benzene rings is 5. The monoisotopic (exact) mass is 674 g/mol. The third-order valence-electron chi connectivity index (χ3n) is 9.10. The maximum Gasteiger partial charge on any atom is 0.289 e. The van der Waals surface area contributed by atoms with Crippen LogP contribution in [0.4, 0.5) is 0 Å². The minimum Gasteiger partial charge on any atom is -0.394 e. The van der Waals surface area contributed by atoms with Crippen molar-refractivity contribution >= 4 is 39.4 Å². The molecule has 1 unspecified atom stereocenters. The Balaban J connectivity index is 1.37. The molecule has 3 N–H and O–H groups in total. The number of H-pyrrole nitrogens is 1. The first-order valence-electron chi connectivity index (χ1n) is 16.2. The molecule has 0 fully saturated rings. The molecule has 0 radical (unpaired) electrons. The number of halogens is 1. The van der Waals surface area contributed by atoms with Crippen LogP contribution in [-0.2, 0) is 5.54 Å². The Morgan fingerprint density at radius 1 is 0.760 bits per heavy atom. The van der Waals surface area contributed by atoms with E-state index in [1.54, 1.807) is 36.7 Å². The lowest BCUT2D eigenvalue weighted by atomic mass is 9.77. The molecule has 1 atom stereocenters.